The topological polar surface area (TPSA) is 3.24 Å². The second-order valence-corrected chi connectivity index (χ2v) is 7.97. The smallest absolute Gasteiger partial charge is 0.00955 e. The van der Waals surface area contributed by atoms with Gasteiger partial charge in [0.25, 0.3) is 0 Å². The summed E-state index contributed by atoms with van der Waals surface area (Å²) in [7, 11) is 2.37. The van der Waals surface area contributed by atoms with Gasteiger partial charge in [-0.2, -0.15) is 0 Å². The Morgan fingerprint density at radius 2 is 1.29 bits per heavy atom. The summed E-state index contributed by atoms with van der Waals surface area (Å²) in [6.45, 7) is 1.35. The van der Waals surface area contributed by atoms with E-state index in [4.69, 9.17) is 0 Å². The van der Waals surface area contributed by atoms with Gasteiger partial charge < -0.3 is 4.90 Å². The molecule has 3 rings (SSSR count). The maximum atomic E-state index is 2.67. The normalized spacial score (nSPS) is 29.7. The molecule has 3 fully saturated rings. The third-order valence-electron chi connectivity index (χ3n) is 6.73. The van der Waals surface area contributed by atoms with Gasteiger partial charge in [0.2, 0.25) is 0 Å². The van der Waals surface area contributed by atoms with Gasteiger partial charge in [0.05, 0.1) is 0 Å². The van der Waals surface area contributed by atoms with E-state index in [9.17, 15) is 0 Å². The van der Waals surface area contributed by atoms with Gasteiger partial charge in [-0.1, -0.05) is 64.2 Å². The van der Waals surface area contributed by atoms with Gasteiger partial charge in [-0.25, -0.2) is 0 Å². The van der Waals surface area contributed by atoms with Crippen LogP contribution in [0.4, 0.5) is 0 Å². The summed E-state index contributed by atoms with van der Waals surface area (Å²) in [6, 6.07) is 0.920. The largest absolute Gasteiger partial charge is 0.303 e. The number of halogens is 1. The molecule has 2 aliphatic carbocycles. The van der Waals surface area contributed by atoms with Crippen molar-refractivity contribution in [3.05, 3.63) is 0 Å². The summed E-state index contributed by atoms with van der Waals surface area (Å²) < 4.78 is 0. The number of nitrogens with zero attached hydrogens (tertiary/aromatic N) is 1. The van der Waals surface area contributed by atoms with Crippen LogP contribution in [-0.4, -0.2) is 24.5 Å². The van der Waals surface area contributed by atoms with Crippen LogP contribution in [0.15, 0.2) is 0 Å². The number of likely N-dealkylation sites (tertiary alicyclic amines) is 1. The van der Waals surface area contributed by atoms with Crippen molar-refractivity contribution in [3.63, 3.8) is 0 Å². The molecule has 1 aliphatic heterocycles. The van der Waals surface area contributed by atoms with E-state index in [0.717, 1.165) is 23.8 Å². The van der Waals surface area contributed by atoms with Crippen LogP contribution in [0.1, 0.15) is 83.5 Å². The lowest BCUT2D eigenvalue weighted by molar-refractivity contribution is 0.107. The van der Waals surface area contributed by atoms with Crippen molar-refractivity contribution in [3.8, 4) is 0 Å². The van der Waals surface area contributed by atoms with Crippen molar-refractivity contribution in [2.24, 2.45) is 17.8 Å². The third kappa shape index (κ3) is 4.61. The molecule has 1 atom stereocenters. The fourth-order valence-corrected chi connectivity index (χ4v) is 5.49. The molecule has 0 radical (unpaired) electrons. The van der Waals surface area contributed by atoms with Crippen LogP contribution < -0.4 is 0 Å². The molecule has 1 unspecified atom stereocenters. The van der Waals surface area contributed by atoms with Crippen LogP contribution in [-0.2, 0) is 0 Å². The van der Waals surface area contributed by atoms with Gasteiger partial charge in [-0.05, 0) is 50.6 Å². The summed E-state index contributed by atoms with van der Waals surface area (Å²) in [5.41, 5.74) is 0. The highest BCUT2D eigenvalue weighted by Gasteiger charge is 2.34. The molecule has 0 spiro atoms. The first-order valence-corrected chi connectivity index (χ1v) is 9.55. The van der Waals surface area contributed by atoms with Gasteiger partial charge in [0.1, 0.15) is 0 Å². The van der Waals surface area contributed by atoms with Gasteiger partial charge in [0, 0.05) is 6.04 Å². The highest BCUT2D eigenvalue weighted by Crippen LogP contribution is 2.43. The van der Waals surface area contributed by atoms with Crippen molar-refractivity contribution in [1.82, 2.24) is 4.90 Å². The molecule has 124 valence electrons. The van der Waals surface area contributed by atoms with E-state index in [1.807, 2.05) is 0 Å². The van der Waals surface area contributed by atoms with Crippen LogP contribution in [0.3, 0.4) is 0 Å². The molecule has 0 amide bonds. The Hall–Kier alpha value is 0.250. The Labute approximate surface area is 138 Å². The highest BCUT2D eigenvalue weighted by molar-refractivity contribution is 5.85. The lowest BCUT2D eigenvalue weighted by Crippen LogP contribution is -2.34. The summed E-state index contributed by atoms with van der Waals surface area (Å²) in [4.78, 5) is 2.67. The predicted octanol–water partition coefficient (Wildman–Crippen LogP) is 5.67. The summed E-state index contributed by atoms with van der Waals surface area (Å²) >= 11 is 0. The second-order valence-electron chi connectivity index (χ2n) is 7.97. The van der Waals surface area contributed by atoms with Crippen molar-refractivity contribution in [2.75, 3.05) is 13.6 Å². The maximum absolute atomic E-state index is 2.67. The van der Waals surface area contributed by atoms with Crippen molar-refractivity contribution >= 4 is 12.4 Å². The molecule has 0 aromatic heterocycles. The first-order valence-electron chi connectivity index (χ1n) is 9.55. The van der Waals surface area contributed by atoms with E-state index < -0.39 is 0 Å². The molecule has 0 aromatic rings. The Kier molecular flexibility index (Phi) is 7.35. The van der Waals surface area contributed by atoms with Crippen molar-refractivity contribution in [1.29, 1.82) is 0 Å². The average molecular weight is 314 g/mol. The fraction of sp³-hybridized carbons (Fsp3) is 1.00. The van der Waals surface area contributed by atoms with Gasteiger partial charge >= 0.3 is 0 Å². The Morgan fingerprint density at radius 3 is 1.71 bits per heavy atom. The summed E-state index contributed by atoms with van der Waals surface area (Å²) in [6.07, 6.45) is 19.8. The molecule has 2 heteroatoms. The van der Waals surface area contributed by atoms with E-state index in [1.165, 1.54) is 64.3 Å². The monoisotopic (exact) mass is 313 g/mol. The molecular formula is C19H36ClN. The molecular weight excluding hydrogens is 278 g/mol. The summed E-state index contributed by atoms with van der Waals surface area (Å²) in [5, 5.41) is 0. The Bertz CT molecular complexity index is 263. The minimum Gasteiger partial charge on any atom is -0.303 e. The zero-order chi connectivity index (χ0) is 13.8. The fourth-order valence-electron chi connectivity index (χ4n) is 5.49. The predicted molar refractivity (Wildman–Crippen MR) is 94.2 cm³/mol. The number of hydrogen-bond donors (Lipinski definition) is 0. The SMILES string of the molecule is CN1CCCC1CC(C1CCCCC1)C1CCCCC1.Cl. The maximum Gasteiger partial charge on any atom is 0.00955 e. The Balaban J connectivity index is 0.00000161. The number of rotatable bonds is 4. The Morgan fingerprint density at radius 1 is 0.762 bits per heavy atom. The van der Waals surface area contributed by atoms with Crippen LogP contribution >= 0.6 is 12.4 Å². The van der Waals surface area contributed by atoms with Crippen LogP contribution in [0, 0.1) is 17.8 Å². The quantitative estimate of drug-likeness (QED) is 0.646. The highest BCUT2D eigenvalue weighted by atomic mass is 35.5. The van der Waals surface area contributed by atoms with Gasteiger partial charge in [-0.15, -0.1) is 12.4 Å². The van der Waals surface area contributed by atoms with Gasteiger partial charge in [0.15, 0.2) is 0 Å². The van der Waals surface area contributed by atoms with E-state index >= 15 is 0 Å². The summed E-state index contributed by atoms with van der Waals surface area (Å²) in [5.74, 6) is 3.24. The first-order chi connectivity index (χ1) is 9.84. The molecule has 21 heavy (non-hydrogen) atoms. The molecule has 2 saturated carbocycles. The standard InChI is InChI=1S/C19H35N.ClH/c1-20-14-8-13-18(20)15-19(16-9-4-2-5-10-16)17-11-6-3-7-12-17;/h16-19H,2-15H2,1H3;1H. The molecule has 0 bridgehead atoms. The molecule has 0 N–H and O–H groups in total. The number of hydrogen-bond acceptors (Lipinski definition) is 1. The minimum atomic E-state index is 0. The third-order valence-corrected chi connectivity index (χ3v) is 6.73. The molecule has 0 aromatic carbocycles. The van der Waals surface area contributed by atoms with Crippen molar-refractivity contribution < 1.29 is 0 Å². The molecule has 3 aliphatic rings. The second kappa shape index (κ2) is 8.77. The van der Waals surface area contributed by atoms with Crippen LogP contribution in [0.5, 0.6) is 0 Å². The lowest BCUT2D eigenvalue weighted by atomic mass is 9.67. The van der Waals surface area contributed by atoms with E-state index in [1.54, 1.807) is 25.7 Å². The van der Waals surface area contributed by atoms with Crippen molar-refractivity contribution in [2.45, 2.75) is 89.5 Å². The minimum absolute atomic E-state index is 0. The molecule has 1 heterocycles. The van der Waals surface area contributed by atoms with E-state index in [-0.39, 0.29) is 12.4 Å². The van der Waals surface area contributed by atoms with Crippen LogP contribution in [0.2, 0.25) is 0 Å². The van der Waals surface area contributed by atoms with E-state index in [0.29, 0.717) is 0 Å². The van der Waals surface area contributed by atoms with Crippen LogP contribution in [0.25, 0.3) is 0 Å². The lowest BCUT2D eigenvalue weighted by Gasteiger charge is -2.40. The zero-order valence-corrected chi connectivity index (χ0v) is 14.9. The molecule has 1 saturated heterocycles. The zero-order valence-electron chi connectivity index (χ0n) is 14.1. The van der Waals surface area contributed by atoms with E-state index in [2.05, 4.69) is 11.9 Å². The molecule has 1 nitrogen and oxygen atoms in total. The average Bonchev–Trinajstić information content (AvgIpc) is 2.92. The first kappa shape index (κ1) is 17.6. The van der Waals surface area contributed by atoms with Gasteiger partial charge in [-0.3, -0.25) is 0 Å².